The van der Waals surface area contributed by atoms with Crippen LogP contribution >= 0.6 is 35.2 Å². The topological polar surface area (TPSA) is 393 Å². The summed E-state index contributed by atoms with van der Waals surface area (Å²) in [6.07, 6.45) is -7.47. The lowest BCUT2D eigenvalue weighted by Crippen LogP contribution is -2.48. The molecule has 31 heteroatoms. The second-order valence-corrected chi connectivity index (χ2v) is 18.1. The maximum atomic E-state index is 12.9. The van der Waals surface area contributed by atoms with Crippen molar-refractivity contribution in [3.8, 4) is 0 Å². The highest BCUT2D eigenvalue weighted by atomic mass is 32.2. The summed E-state index contributed by atoms with van der Waals surface area (Å²) in [6.45, 7) is 2.31. The Bertz CT molecular complexity index is 2000. The van der Waals surface area contributed by atoms with E-state index < -0.39 is 96.3 Å². The van der Waals surface area contributed by atoms with Gasteiger partial charge in [0, 0.05) is 44.5 Å². The Balaban J connectivity index is 1.71. The summed E-state index contributed by atoms with van der Waals surface area (Å²) in [5, 5.41) is 4.75. The number of phosphoric ester groups is 3. The number of imidazole rings is 1. The number of amides is 2. The maximum Gasteiger partial charge on any atom is 0.481 e. The summed E-state index contributed by atoms with van der Waals surface area (Å²) >= 11 is 1.00. The number of fused-ring (bicyclic) bond motifs is 1. The van der Waals surface area contributed by atoms with Crippen LogP contribution in [0.3, 0.4) is 0 Å². The van der Waals surface area contributed by atoms with Crippen LogP contribution in [0.2, 0.25) is 0 Å². The summed E-state index contributed by atoms with van der Waals surface area (Å²) < 4.78 is 73.2. The highest BCUT2D eigenvalue weighted by molar-refractivity contribution is 8.13. The number of thioether (sulfide) groups is 1. The van der Waals surface area contributed by atoms with Crippen molar-refractivity contribution in [2.45, 2.75) is 64.8 Å². The molecule has 0 saturated carbocycles. The number of ketones is 1. The first-order valence-corrected chi connectivity index (χ1v) is 21.8. The standard InChI is InChI=1S/C27H40N7O20P3S/c1-14(36)26(40)52-20-19(53-55(41,42)43)16(51-25(20)34-12-33-18-22(28)31-11-32-23(18)34)9-49-56(44,45)54-57(46,47)50-10-27(3,4)21(48-13-35)24(39)30-6-5-17(38)29-7-8-58-15(2)37/h11-13,16,19-21,25H,5-10H2,1-4H3,(H,29,38)(H,30,39)(H,44,45)(H,46,47)(H2,28,31,32)(H2,41,42,43)/t16-,19-,20-,21+,25-/m1/s1. The van der Waals surface area contributed by atoms with E-state index >= 15 is 0 Å². The molecule has 2 aromatic heterocycles. The number of carbonyl (C=O) groups is 6. The number of rotatable bonds is 23. The molecule has 0 radical (unpaired) electrons. The zero-order valence-corrected chi connectivity index (χ0v) is 34.3. The molecule has 1 aliphatic rings. The van der Waals surface area contributed by atoms with Crippen LogP contribution in [-0.2, 0) is 74.6 Å². The van der Waals surface area contributed by atoms with Crippen LogP contribution in [0.15, 0.2) is 12.7 Å². The number of carbonyl (C=O) groups excluding carboxylic acids is 6. The van der Waals surface area contributed by atoms with E-state index in [0.717, 1.165) is 35.9 Å². The molecule has 2 unspecified atom stereocenters. The number of nitrogens with two attached hydrogens (primary N) is 1. The summed E-state index contributed by atoms with van der Waals surface area (Å²) in [5.74, 6) is -3.90. The molecule has 2 amide bonds. The molecule has 1 aliphatic heterocycles. The summed E-state index contributed by atoms with van der Waals surface area (Å²) in [5.41, 5.74) is 4.08. The van der Waals surface area contributed by atoms with Crippen LogP contribution < -0.4 is 16.4 Å². The van der Waals surface area contributed by atoms with Gasteiger partial charge in [0.1, 0.15) is 24.1 Å². The van der Waals surface area contributed by atoms with E-state index in [0.29, 0.717) is 5.75 Å². The van der Waals surface area contributed by atoms with Gasteiger partial charge in [0.25, 0.3) is 12.4 Å². The molecule has 58 heavy (non-hydrogen) atoms. The highest BCUT2D eigenvalue weighted by Gasteiger charge is 2.53. The van der Waals surface area contributed by atoms with Crippen LogP contribution in [0, 0.1) is 5.41 Å². The minimum atomic E-state index is -5.72. The van der Waals surface area contributed by atoms with E-state index in [-0.39, 0.29) is 48.1 Å². The quantitative estimate of drug-likeness (QED) is 0.0231. The van der Waals surface area contributed by atoms with Crippen molar-refractivity contribution in [1.82, 2.24) is 30.2 Å². The van der Waals surface area contributed by atoms with Gasteiger partial charge < -0.3 is 50.2 Å². The van der Waals surface area contributed by atoms with E-state index in [1.807, 2.05) is 0 Å². The average molecular weight is 908 g/mol. The van der Waals surface area contributed by atoms with Crippen molar-refractivity contribution in [2.24, 2.45) is 5.41 Å². The smallest absolute Gasteiger partial charge is 0.454 e. The Hall–Kier alpha value is -3.75. The molecule has 2 aromatic rings. The third kappa shape index (κ3) is 14.5. The van der Waals surface area contributed by atoms with Gasteiger partial charge in [-0.05, 0) is 0 Å². The van der Waals surface area contributed by atoms with Gasteiger partial charge in [-0.1, -0.05) is 25.6 Å². The molecular weight excluding hydrogens is 867 g/mol. The van der Waals surface area contributed by atoms with E-state index in [1.54, 1.807) is 0 Å². The zero-order chi connectivity index (χ0) is 43.6. The van der Waals surface area contributed by atoms with E-state index in [1.165, 1.54) is 20.8 Å². The van der Waals surface area contributed by atoms with Crippen molar-refractivity contribution in [3.05, 3.63) is 12.7 Å². The van der Waals surface area contributed by atoms with Crippen molar-refractivity contribution in [1.29, 1.82) is 0 Å². The van der Waals surface area contributed by atoms with Crippen LogP contribution in [0.4, 0.5) is 5.82 Å². The number of nitrogens with zero attached hydrogens (tertiary/aromatic N) is 4. The summed E-state index contributed by atoms with van der Waals surface area (Å²) in [7, 11) is -16.9. The number of hydrogen-bond acceptors (Lipinski definition) is 21. The van der Waals surface area contributed by atoms with Crippen molar-refractivity contribution in [3.63, 3.8) is 0 Å². The fraction of sp³-hybridized carbons (Fsp3) is 0.593. The zero-order valence-electron chi connectivity index (χ0n) is 30.8. The summed E-state index contributed by atoms with van der Waals surface area (Å²) in [4.78, 5) is 123. The molecule has 324 valence electrons. The van der Waals surface area contributed by atoms with Crippen LogP contribution in [0.5, 0.6) is 0 Å². The number of nitrogen functional groups attached to an aromatic ring is 1. The lowest BCUT2D eigenvalue weighted by atomic mass is 9.87. The largest absolute Gasteiger partial charge is 0.481 e. The molecule has 3 rings (SSSR count). The molecule has 0 bridgehead atoms. The normalized spacial score (nSPS) is 21.0. The van der Waals surface area contributed by atoms with Crippen molar-refractivity contribution < 1.29 is 94.1 Å². The van der Waals surface area contributed by atoms with Crippen LogP contribution in [-0.4, -0.2) is 131 Å². The summed E-state index contributed by atoms with van der Waals surface area (Å²) in [6, 6.07) is 0. The van der Waals surface area contributed by atoms with Gasteiger partial charge in [0.05, 0.1) is 19.5 Å². The van der Waals surface area contributed by atoms with Gasteiger partial charge in [-0.15, -0.1) is 0 Å². The number of Topliss-reactive ketones (excluding diaryl/α,β-unsaturated/α-hetero) is 1. The number of nitrogens with one attached hydrogen (secondary N) is 2. The number of anilines is 1. The minimum absolute atomic E-state index is 0.00666. The average Bonchev–Trinajstić information content (AvgIpc) is 3.67. The van der Waals surface area contributed by atoms with Crippen LogP contribution in [0.25, 0.3) is 11.2 Å². The molecule has 8 N–H and O–H groups in total. The lowest BCUT2D eigenvalue weighted by molar-refractivity contribution is -0.164. The minimum Gasteiger partial charge on any atom is -0.454 e. The predicted octanol–water partition coefficient (Wildman–Crippen LogP) is -0.995. The van der Waals surface area contributed by atoms with Gasteiger partial charge in [0.2, 0.25) is 11.7 Å². The molecule has 0 spiro atoms. The van der Waals surface area contributed by atoms with E-state index in [4.69, 9.17) is 33.5 Å². The Kier molecular flexibility index (Phi) is 17.2. The molecular formula is C27H40N7O20P3S. The number of aromatic nitrogens is 4. The molecule has 27 nitrogen and oxygen atoms in total. The molecule has 7 atom stereocenters. The maximum absolute atomic E-state index is 12.9. The third-order valence-corrected chi connectivity index (χ3v) is 11.4. The van der Waals surface area contributed by atoms with Gasteiger partial charge in [-0.2, -0.15) is 4.31 Å². The molecule has 3 heterocycles. The lowest BCUT2D eigenvalue weighted by Gasteiger charge is -2.31. The molecule has 0 aliphatic carbocycles. The SMILES string of the molecule is CC(=O)SCCNC(=O)CCNC(=O)[C@H](OC=O)C(C)(C)COP(=O)(O)OP(=O)(O)OC[C@H]1O[C@@H](n2cnc3c(N)ncnc32)[C@H](OC(=O)C(C)=O)[C@@H]1OP(=O)(O)O. The van der Waals surface area contributed by atoms with E-state index in [9.17, 15) is 62.0 Å². The third-order valence-electron chi connectivity index (χ3n) is 7.46. The van der Waals surface area contributed by atoms with Gasteiger partial charge in [0.15, 0.2) is 35.0 Å². The first-order chi connectivity index (χ1) is 26.9. The van der Waals surface area contributed by atoms with Gasteiger partial charge in [-0.25, -0.2) is 33.4 Å². The van der Waals surface area contributed by atoms with Gasteiger partial charge in [-0.3, -0.25) is 42.1 Å². The monoisotopic (exact) mass is 907 g/mol. The molecule has 1 saturated heterocycles. The molecule has 1 fully saturated rings. The second-order valence-electron chi connectivity index (χ2n) is 12.6. The Morgan fingerprint density at radius 3 is 2.31 bits per heavy atom. The number of hydrogen-bond donors (Lipinski definition) is 7. The number of ether oxygens (including phenoxy) is 3. The highest BCUT2D eigenvalue weighted by Crippen LogP contribution is 2.61. The molecule has 0 aromatic carbocycles. The number of esters is 1. The fourth-order valence-electron chi connectivity index (χ4n) is 4.93. The van der Waals surface area contributed by atoms with Crippen LogP contribution in [0.1, 0.15) is 40.3 Å². The van der Waals surface area contributed by atoms with Crippen molar-refractivity contribution in [2.75, 3.05) is 37.8 Å². The van der Waals surface area contributed by atoms with Gasteiger partial charge >= 0.3 is 29.4 Å². The van der Waals surface area contributed by atoms with Crippen molar-refractivity contribution >= 4 is 87.4 Å². The second kappa shape index (κ2) is 20.5. The number of phosphoric acid groups is 3. The Morgan fingerprint density at radius 1 is 1.02 bits per heavy atom. The first kappa shape index (κ1) is 48.6. The predicted molar refractivity (Wildman–Crippen MR) is 192 cm³/mol. The Morgan fingerprint density at radius 2 is 1.69 bits per heavy atom. The first-order valence-electron chi connectivity index (χ1n) is 16.3. The Labute approximate surface area is 331 Å². The fourth-order valence-corrected chi connectivity index (χ4v) is 8.25. The van der Waals surface area contributed by atoms with E-state index in [2.05, 4.69) is 29.9 Å².